The van der Waals surface area contributed by atoms with Crippen molar-refractivity contribution in [2.24, 2.45) is 0 Å². The predicted octanol–water partition coefficient (Wildman–Crippen LogP) is 13.8. The zero-order valence-corrected chi connectivity index (χ0v) is 42.7. The summed E-state index contributed by atoms with van der Waals surface area (Å²) in [5, 5.41) is 11.7. The number of carbonyl (C=O) groups is 3. The largest absolute Gasteiger partial charge is 0.545 e. The highest BCUT2D eigenvalue weighted by Gasteiger charge is 2.22. The predicted molar refractivity (Wildman–Crippen MR) is 265 cm³/mol. The molecule has 64 heavy (non-hydrogen) atoms. The Morgan fingerprint density at radius 2 is 0.844 bits per heavy atom. The molecule has 0 spiro atoms. The van der Waals surface area contributed by atoms with Crippen molar-refractivity contribution in [2.75, 3.05) is 47.5 Å². The van der Waals surface area contributed by atoms with E-state index in [4.69, 9.17) is 18.9 Å². The first-order valence-corrected chi connectivity index (χ1v) is 27.0. The number of carboxylic acids is 1. The first-order chi connectivity index (χ1) is 31.1. The van der Waals surface area contributed by atoms with E-state index >= 15 is 0 Å². The lowest BCUT2D eigenvalue weighted by Gasteiger charge is -2.26. The van der Waals surface area contributed by atoms with Crippen LogP contribution >= 0.6 is 0 Å². The number of nitrogens with zero attached hydrogens (tertiary/aromatic N) is 1. The Bertz CT molecular complexity index is 1100. The maximum absolute atomic E-state index is 12.8. The summed E-state index contributed by atoms with van der Waals surface area (Å²) in [7, 11) is 5.92. The van der Waals surface area contributed by atoms with Gasteiger partial charge < -0.3 is 33.3 Å². The van der Waals surface area contributed by atoms with Crippen molar-refractivity contribution in [1.29, 1.82) is 0 Å². The number of carboxylic acid groups (broad SMARTS) is 1. The number of unbranched alkanes of at least 4 members (excludes halogenated alkanes) is 31. The van der Waals surface area contributed by atoms with Crippen LogP contribution in [0.25, 0.3) is 0 Å². The van der Waals surface area contributed by atoms with Crippen molar-refractivity contribution < 1.29 is 42.9 Å². The normalized spacial score (nSPS) is 13.0. The molecule has 0 aliphatic carbocycles. The molecule has 0 aromatic rings. The Kier molecular flexibility index (Phi) is 45.6. The zero-order chi connectivity index (χ0) is 47.0. The number of hydrogen-bond donors (Lipinski definition) is 0. The fraction of sp³-hybridized carbons (Fsp3) is 0.873. The molecule has 0 saturated heterocycles. The molecular weight excluding hydrogens is 803 g/mol. The molecule has 2 atom stereocenters. The molecule has 0 heterocycles. The van der Waals surface area contributed by atoms with Crippen molar-refractivity contribution in [2.45, 2.75) is 264 Å². The highest BCUT2D eigenvalue weighted by molar-refractivity contribution is 5.70. The molecule has 0 radical (unpaired) electrons. The Morgan fingerprint density at radius 1 is 0.469 bits per heavy atom. The second-order valence-corrected chi connectivity index (χ2v) is 19.5. The molecule has 0 bridgehead atoms. The molecule has 0 aliphatic heterocycles. The number of allylic oxidation sites excluding steroid dienone is 4. The standard InChI is InChI=1S/C55H103NO8/c1-6-8-10-12-14-16-18-19-20-21-22-23-24-25-26-27-28-29-30-31-32-33-34-35-36-38-40-42-44-46-53(58)64-51(50-63-55(54(59)60)61-48-47-56(3,4)5)49-62-52(57)45-43-41-39-37-17-15-13-11-9-7-2/h18-19,21-22,51,55H,6-17,20,23-50H2,1-5H3/b19-18-,22-21-. The van der Waals surface area contributed by atoms with E-state index in [-0.39, 0.29) is 32.2 Å². The Morgan fingerprint density at radius 3 is 1.23 bits per heavy atom. The van der Waals surface area contributed by atoms with E-state index in [9.17, 15) is 19.5 Å². The number of ether oxygens (including phenoxy) is 4. The van der Waals surface area contributed by atoms with Crippen LogP contribution in [-0.2, 0) is 33.3 Å². The van der Waals surface area contributed by atoms with Crippen LogP contribution in [0.4, 0.5) is 0 Å². The second kappa shape index (κ2) is 47.3. The van der Waals surface area contributed by atoms with Gasteiger partial charge in [-0.25, -0.2) is 0 Å². The monoisotopic (exact) mass is 906 g/mol. The molecule has 0 N–H and O–H groups in total. The lowest BCUT2D eigenvalue weighted by atomic mass is 10.0. The molecule has 0 saturated carbocycles. The van der Waals surface area contributed by atoms with Gasteiger partial charge in [0.05, 0.1) is 40.3 Å². The zero-order valence-electron chi connectivity index (χ0n) is 42.7. The Balaban J connectivity index is 4.09. The van der Waals surface area contributed by atoms with E-state index in [1.54, 1.807) is 0 Å². The highest BCUT2D eigenvalue weighted by Crippen LogP contribution is 2.16. The van der Waals surface area contributed by atoms with E-state index in [0.29, 0.717) is 17.4 Å². The van der Waals surface area contributed by atoms with Crippen molar-refractivity contribution in [3.63, 3.8) is 0 Å². The molecule has 2 unspecified atom stereocenters. The van der Waals surface area contributed by atoms with Crippen molar-refractivity contribution in [3.8, 4) is 0 Å². The minimum atomic E-state index is -1.62. The average Bonchev–Trinajstić information content (AvgIpc) is 3.26. The molecule has 0 aromatic heterocycles. The fourth-order valence-corrected chi connectivity index (χ4v) is 7.74. The molecule has 0 aromatic carbocycles. The Labute approximate surface area is 395 Å². The van der Waals surface area contributed by atoms with Gasteiger partial charge in [-0.05, 0) is 44.9 Å². The lowest BCUT2D eigenvalue weighted by molar-refractivity contribution is -0.870. The highest BCUT2D eigenvalue weighted by atomic mass is 16.7. The molecular formula is C55H103NO8. The summed E-state index contributed by atoms with van der Waals surface area (Å²) in [6.45, 7) is 4.74. The maximum atomic E-state index is 12.8. The number of hydrogen-bond acceptors (Lipinski definition) is 8. The smallest absolute Gasteiger partial charge is 0.306 e. The quantitative estimate of drug-likeness (QED) is 0.0195. The molecule has 0 fully saturated rings. The number of likely N-dealkylation sites (N-methyl/N-ethyl adjacent to an activating group) is 1. The molecule has 9 heteroatoms. The van der Waals surface area contributed by atoms with Crippen LogP contribution in [0.3, 0.4) is 0 Å². The average molecular weight is 906 g/mol. The maximum Gasteiger partial charge on any atom is 0.306 e. The van der Waals surface area contributed by atoms with E-state index in [1.807, 2.05) is 21.1 Å². The minimum absolute atomic E-state index is 0.151. The van der Waals surface area contributed by atoms with Gasteiger partial charge in [0.2, 0.25) is 0 Å². The summed E-state index contributed by atoms with van der Waals surface area (Å²) in [6, 6.07) is 0. The van der Waals surface area contributed by atoms with Crippen LogP contribution in [0.5, 0.6) is 0 Å². The summed E-state index contributed by atoms with van der Waals surface area (Å²) in [5.41, 5.74) is 0. The first-order valence-electron chi connectivity index (χ1n) is 27.0. The SMILES string of the molecule is CCCCCCC/C=C\C/C=C\CCCCCCCCCCCCCCCCCCCC(=O)OC(COC(=O)CCCCCCCCCCCC)COC(OCC[N+](C)(C)C)C(=O)[O-]. The van der Waals surface area contributed by atoms with E-state index in [1.165, 1.54) is 180 Å². The van der Waals surface area contributed by atoms with E-state index in [2.05, 4.69) is 38.2 Å². The molecule has 376 valence electrons. The van der Waals surface area contributed by atoms with Crippen LogP contribution in [0, 0.1) is 0 Å². The van der Waals surface area contributed by atoms with Gasteiger partial charge in [-0.15, -0.1) is 0 Å². The van der Waals surface area contributed by atoms with E-state index in [0.717, 1.165) is 44.9 Å². The summed E-state index contributed by atoms with van der Waals surface area (Å²) in [4.78, 5) is 37.0. The summed E-state index contributed by atoms with van der Waals surface area (Å²) in [5.74, 6) is -2.27. The van der Waals surface area contributed by atoms with Crippen LogP contribution in [0.1, 0.15) is 251 Å². The number of rotatable bonds is 50. The number of esters is 2. The molecule has 0 amide bonds. The van der Waals surface area contributed by atoms with E-state index < -0.39 is 24.3 Å². The third-order valence-electron chi connectivity index (χ3n) is 12.0. The Hall–Kier alpha value is -2.23. The van der Waals surface area contributed by atoms with Gasteiger partial charge in [0, 0.05) is 12.8 Å². The minimum Gasteiger partial charge on any atom is -0.545 e. The van der Waals surface area contributed by atoms with Gasteiger partial charge in [0.15, 0.2) is 12.4 Å². The van der Waals surface area contributed by atoms with Crippen LogP contribution < -0.4 is 5.11 Å². The lowest BCUT2D eigenvalue weighted by Crippen LogP contribution is -2.44. The number of aliphatic carboxylic acids is 1. The summed E-state index contributed by atoms with van der Waals surface area (Å²) < 4.78 is 22.6. The molecule has 9 nitrogen and oxygen atoms in total. The third kappa shape index (κ3) is 47.7. The topological polar surface area (TPSA) is 111 Å². The summed E-state index contributed by atoms with van der Waals surface area (Å²) >= 11 is 0. The van der Waals surface area contributed by atoms with Gasteiger partial charge in [-0.1, -0.05) is 218 Å². The van der Waals surface area contributed by atoms with Gasteiger partial charge in [0.1, 0.15) is 13.2 Å². The number of carbonyl (C=O) groups excluding carboxylic acids is 3. The third-order valence-corrected chi connectivity index (χ3v) is 12.0. The molecule has 0 aliphatic rings. The van der Waals surface area contributed by atoms with Crippen LogP contribution in [-0.4, -0.2) is 82.3 Å². The van der Waals surface area contributed by atoms with Crippen molar-refractivity contribution in [3.05, 3.63) is 24.3 Å². The van der Waals surface area contributed by atoms with Gasteiger partial charge >= 0.3 is 11.9 Å². The summed E-state index contributed by atoms with van der Waals surface area (Å²) in [6.07, 6.45) is 50.9. The van der Waals surface area contributed by atoms with Gasteiger partial charge in [-0.3, -0.25) is 9.59 Å². The van der Waals surface area contributed by atoms with Gasteiger partial charge in [0.25, 0.3) is 0 Å². The second-order valence-electron chi connectivity index (χ2n) is 19.5. The van der Waals surface area contributed by atoms with Crippen molar-refractivity contribution >= 4 is 17.9 Å². The van der Waals surface area contributed by atoms with Crippen LogP contribution in [0.15, 0.2) is 24.3 Å². The number of quaternary nitrogens is 1. The van der Waals surface area contributed by atoms with Crippen LogP contribution in [0.2, 0.25) is 0 Å². The fourth-order valence-electron chi connectivity index (χ4n) is 7.74. The van der Waals surface area contributed by atoms with Gasteiger partial charge in [-0.2, -0.15) is 0 Å². The van der Waals surface area contributed by atoms with Crippen molar-refractivity contribution in [1.82, 2.24) is 0 Å². The first kappa shape index (κ1) is 61.8. The molecule has 0 rings (SSSR count).